The van der Waals surface area contributed by atoms with Crippen LogP contribution in [0.1, 0.15) is 39.3 Å². The summed E-state index contributed by atoms with van der Waals surface area (Å²) in [4.78, 5) is 31.9. The fourth-order valence-electron chi connectivity index (χ4n) is 1.59. The number of hydrogen-bond donors (Lipinski definition) is 2. The molecule has 0 aliphatic carbocycles. The monoisotopic (exact) mass is 329 g/mol. The van der Waals surface area contributed by atoms with Gasteiger partial charge in [0.2, 0.25) is 0 Å². The van der Waals surface area contributed by atoms with Crippen molar-refractivity contribution in [1.82, 2.24) is 4.98 Å². The molecule has 3 N–H and O–H groups in total. The summed E-state index contributed by atoms with van der Waals surface area (Å²) < 4.78 is 5.35. The van der Waals surface area contributed by atoms with Gasteiger partial charge >= 0.3 is 11.9 Å². The molecule has 0 aliphatic heterocycles. The second-order valence-electron chi connectivity index (χ2n) is 5.51. The second-order valence-corrected chi connectivity index (χ2v) is 6.39. The van der Waals surface area contributed by atoms with Crippen LogP contribution in [0.15, 0.2) is 10.5 Å². The summed E-state index contributed by atoms with van der Waals surface area (Å²) in [5.41, 5.74) is 5.31. The molecule has 22 heavy (non-hydrogen) atoms. The summed E-state index contributed by atoms with van der Waals surface area (Å²) in [7, 11) is 0. The maximum atomic E-state index is 12.4. The molecule has 0 amide bonds. The number of carboxylic acid groups (broad SMARTS) is 1. The lowest BCUT2D eigenvalue weighted by Crippen LogP contribution is -2.33. The van der Waals surface area contributed by atoms with Crippen LogP contribution in [0.3, 0.4) is 0 Å². The summed E-state index contributed by atoms with van der Waals surface area (Å²) in [6.45, 7) is 6.80. The zero-order chi connectivity index (χ0) is 16.9. The average molecular weight is 329 g/mol. The van der Waals surface area contributed by atoms with Crippen LogP contribution >= 0.6 is 11.3 Å². The lowest BCUT2D eigenvalue weighted by Gasteiger charge is -2.25. The fraction of sp³-hybridized carbons (Fsp3) is 0.538. The van der Waals surface area contributed by atoms with Crippen LogP contribution in [0, 0.1) is 0 Å². The lowest BCUT2D eigenvalue weighted by molar-refractivity contribution is -0.160. The Labute approximate surface area is 131 Å². The number of carboxylic acids is 1. The highest BCUT2D eigenvalue weighted by atomic mass is 32.1. The third kappa shape index (κ3) is 5.68. The third-order valence-corrected chi connectivity index (χ3v) is 3.07. The van der Waals surface area contributed by atoms with Crippen LogP contribution in [0.2, 0.25) is 0 Å². The van der Waals surface area contributed by atoms with Gasteiger partial charge in [-0.15, -0.1) is 11.3 Å². The maximum absolute atomic E-state index is 12.4. The Hall–Kier alpha value is -2.16. The highest BCUT2D eigenvalue weighted by Gasteiger charge is 2.34. The number of carbonyl (C=O) groups is 2. The molecule has 0 radical (unpaired) electrons. The summed E-state index contributed by atoms with van der Waals surface area (Å²) in [5, 5.41) is 13.8. The molecule has 122 valence electrons. The van der Waals surface area contributed by atoms with E-state index in [1.165, 1.54) is 11.3 Å². The van der Waals surface area contributed by atoms with E-state index in [2.05, 4.69) is 10.1 Å². The molecule has 0 bridgehead atoms. The minimum absolute atomic E-state index is 0.310. The first-order valence-corrected chi connectivity index (χ1v) is 7.34. The zero-order valence-electron chi connectivity index (χ0n) is 12.8. The van der Waals surface area contributed by atoms with Gasteiger partial charge in [-0.2, -0.15) is 0 Å². The SMILES string of the molecule is CC(O/N=C/C(=O)O)C(C(=O)OC(C)(C)C)c1csc(N)n1. The summed E-state index contributed by atoms with van der Waals surface area (Å²) in [6.07, 6.45) is -0.176. The zero-order valence-corrected chi connectivity index (χ0v) is 13.6. The molecule has 1 aromatic rings. The first kappa shape index (κ1) is 17.9. The number of hydrogen-bond acceptors (Lipinski definition) is 8. The van der Waals surface area contributed by atoms with Crippen LogP contribution in [0.25, 0.3) is 0 Å². The number of aromatic nitrogens is 1. The third-order valence-electron chi connectivity index (χ3n) is 2.38. The molecular weight excluding hydrogens is 310 g/mol. The molecule has 1 aromatic heterocycles. The fourth-order valence-corrected chi connectivity index (χ4v) is 2.19. The minimum atomic E-state index is -1.25. The maximum Gasteiger partial charge on any atom is 0.350 e. The van der Waals surface area contributed by atoms with Gasteiger partial charge in [0, 0.05) is 5.38 Å². The molecule has 0 aliphatic rings. The van der Waals surface area contributed by atoms with Gasteiger partial charge in [0.15, 0.2) is 11.3 Å². The van der Waals surface area contributed by atoms with Crippen molar-refractivity contribution in [3.63, 3.8) is 0 Å². The van der Waals surface area contributed by atoms with E-state index in [9.17, 15) is 9.59 Å². The topological polar surface area (TPSA) is 124 Å². The van der Waals surface area contributed by atoms with Gasteiger partial charge in [-0.1, -0.05) is 5.16 Å². The molecule has 1 rings (SSSR count). The van der Waals surface area contributed by atoms with Crippen molar-refractivity contribution < 1.29 is 24.3 Å². The summed E-state index contributed by atoms with van der Waals surface area (Å²) in [5.74, 6) is -2.66. The van der Waals surface area contributed by atoms with Gasteiger partial charge in [0.25, 0.3) is 0 Å². The standard InChI is InChI=1S/C13H19N3O5S/c1-7(21-15-5-9(17)18)10(8-6-22-12(14)16-8)11(19)20-13(2,3)4/h5-7,10H,1-4H3,(H2,14,16)(H,17,18)/b15-5+. The van der Waals surface area contributed by atoms with E-state index in [1.54, 1.807) is 33.1 Å². The Morgan fingerprint density at radius 1 is 1.50 bits per heavy atom. The lowest BCUT2D eigenvalue weighted by atomic mass is 10.0. The molecule has 0 saturated heterocycles. The van der Waals surface area contributed by atoms with Crippen molar-refractivity contribution >= 4 is 34.6 Å². The smallest absolute Gasteiger partial charge is 0.350 e. The Kier molecular flexibility index (Phi) is 5.86. The van der Waals surface area contributed by atoms with Crippen LogP contribution in [0.5, 0.6) is 0 Å². The first-order chi connectivity index (χ1) is 10.1. The van der Waals surface area contributed by atoms with Crippen LogP contribution < -0.4 is 5.73 Å². The quantitative estimate of drug-likeness (QED) is 0.461. The molecule has 2 unspecified atom stereocenters. The van der Waals surface area contributed by atoms with Gasteiger partial charge in [0.1, 0.15) is 17.6 Å². The Bertz CT molecular complexity index is 564. The van der Waals surface area contributed by atoms with E-state index in [4.69, 9.17) is 20.4 Å². The van der Waals surface area contributed by atoms with E-state index >= 15 is 0 Å². The van der Waals surface area contributed by atoms with Gasteiger partial charge in [0.05, 0.1) is 5.69 Å². The molecule has 0 saturated carbocycles. The number of nitrogen functional groups attached to an aromatic ring is 1. The van der Waals surface area contributed by atoms with Gasteiger partial charge in [-0.3, -0.25) is 4.79 Å². The predicted molar refractivity (Wildman–Crippen MR) is 81.8 cm³/mol. The first-order valence-electron chi connectivity index (χ1n) is 6.46. The van der Waals surface area contributed by atoms with E-state index in [-0.39, 0.29) is 0 Å². The van der Waals surface area contributed by atoms with E-state index in [0.29, 0.717) is 17.0 Å². The number of carbonyl (C=O) groups excluding carboxylic acids is 1. The summed E-state index contributed by atoms with van der Waals surface area (Å²) >= 11 is 1.19. The second kappa shape index (κ2) is 7.21. The number of nitrogens with two attached hydrogens (primary N) is 1. The predicted octanol–water partition coefficient (Wildman–Crippen LogP) is 1.63. The van der Waals surface area contributed by atoms with Crippen molar-refractivity contribution in [3.8, 4) is 0 Å². The number of esters is 1. The van der Waals surface area contributed by atoms with Crippen molar-refractivity contribution in [3.05, 3.63) is 11.1 Å². The van der Waals surface area contributed by atoms with E-state index < -0.39 is 29.6 Å². The Morgan fingerprint density at radius 2 is 2.14 bits per heavy atom. The number of nitrogens with zero attached hydrogens (tertiary/aromatic N) is 2. The number of aliphatic carboxylic acids is 1. The molecule has 0 aromatic carbocycles. The molecule has 0 fully saturated rings. The summed E-state index contributed by atoms with van der Waals surface area (Å²) in [6, 6.07) is 0. The van der Waals surface area contributed by atoms with Crippen LogP contribution in [-0.2, 0) is 19.2 Å². The van der Waals surface area contributed by atoms with Crippen LogP contribution in [-0.4, -0.2) is 39.9 Å². The highest BCUT2D eigenvalue weighted by molar-refractivity contribution is 7.13. The van der Waals surface area contributed by atoms with Crippen molar-refractivity contribution in [2.75, 3.05) is 5.73 Å². The molecule has 0 spiro atoms. The number of thiazole rings is 1. The van der Waals surface area contributed by atoms with Crippen molar-refractivity contribution in [1.29, 1.82) is 0 Å². The van der Waals surface area contributed by atoms with E-state index in [1.807, 2.05) is 0 Å². The van der Waals surface area contributed by atoms with Gasteiger partial charge in [-0.05, 0) is 27.7 Å². The molecule has 8 nitrogen and oxygen atoms in total. The number of anilines is 1. The Morgan fingerprint density at radius 3 is 2.59 bits per heavy atom. The van der Waals surface area contributed by atoms with Crippen molar-refractivity contribution in [2.24, 2.45) is 5.16 Å². The highest BCUT2D eigenvalue weighted by Crippen LogP contribution is 2.28. The number of oxime groups is 1. The number of rotatable bonds is 6. The van der Waals surface area contributed by atoms with E-state index in [0.717, 1.165) is 0 Å². The molecule has 9 heteroatoms. The van der Waals surface area contributed by atoms with Gasteiger partial charge in [-0.25, -0.2) is 9.78 Å². The van der Waals surface area contributed by atoms with Gasteiger partial charge < -0.3 is 20.4 Å². The largest absolute Gasteiger partial charge is 0.477 e. The van der Waals surface area contributed by atoms with Crippen molar-refractivity contribution in [2.45, 2.75) is 45.3 Å². The normalized spacial score (nSPS) is 14.5. The molecule has 1 heterocycles. The van der Waals surface area contributed by atoms with Crippen LogP contribution in [0.4, 0.5) is 5.13 Å². The molecular formula is C13H19N3O5S. The average Bonchev–Trinajstić information content (AvgIpc) is 2.72. The number of ether oxygens (including phenoxy) is 1. The molecule has 2 atom stereocenters. The Balaban J connectivity index is 2.96. The minimum Gasteiger partial charge on any atom is -0.477 e.